The monoisotopic (exact) mass is 339 g/mol. The van der Waals surface area contributed by atoms with Crippen LogP contribution < -0.4 is 4.90 Å². The van der Waals surface area contributed by atoms with Crippen LogP contribution in [0.25, 0.3) is 0 Å². The van der Waals surface area contributed by atoms with Crippen molar-refractivity contribution in [3.8, 4) is 0 Å². The van der Waals surface area contributed by atoms with Crippen LogP contribution in [0.4, 0.5) is 5.69 Å². The summed E-state index contributed by atoms with van der Waals surface area (Å²) in [6.45, 7) is 2.23. The van der Waals surface area contributed by atoms with Gasteiger partial charge in [-0.3, -0.25) is 9.48 Å². The minimum atomic E-state index is -1.18. The predicted octanol–water partition coefficient (Wildman–Crippen LogP) is 3.11. The average Bonchev–Trinajstić information content (AvgIpc) is 2.92. The molecule has 2 heterocycles. The molecule has 3 rings (SSSR count). The van der Waals surface area contributed by atoms with Gasteiger partial charge in [-0.2, -0.15) is 5.10 Å². The van der Waals surface area contributed by atoms with E-state index < -0.39 is 11.9 Å². The molecule has 6 nitrogen and oxygen atoms in total. The van der Waals surface area contributed by atoms with Gasteiger partial charge in [-0.05, 0) is 25.1 Å². The first-order valence-electron chi connectivity index (χ1n) is 6.48. The summed E-state index contributed by atoms with van der Waals surface area (Å²) in [6.07, 6.45) is 1.20. The Morgan fingerprint density at radius 1 is 1.36 bits per heavy atom. The fourth-order valence-corrected chi connectivity index (χ4v) is 2.79. The van der Waals surface area contributed by atoms with E-state index in [2.05, 4.69) is 5.10 Å². The number of hydrogen-bond donors (Lipinski definition) is 1. The number of carboxylic acid groups (broad SMARTS) is 1. The van der Waals surface area contributed by atoms with Crippen molar-refractivity contribution >= 4 is 40.8 Å². The zero-order chi connectivity index (χ0) is 16.0. The lowest BCUT2D eigenvalue weighted by atomic mass is 10.1. The Bertz CT molecular complexity index is 788. The van der Waals surface area contributed by atoms with Crippen LogP contribution in [0.1, 0.15) is 33.8 Å². The molecular weight excluding hydrogens is 329 g/mol. The molecule has 1 N–H and O–H groups in total. The van der Waals surface area contributed by atoms with Crippen LogP contribution in [-0.4, -0.2) is 33.3 Å². The molecule has 2 aromatic rings. The van der Waals surface area contributed by atoms with Crippen molar-refractivity contribution in [2.24, 2.45) is 0 Å². The van der Waals surface area contributed by atoms with E-state index >= 15 is 0 Å². The van der Waals surface area contributed by atoms with Gasteiger partial charge in [0.15, 0.2) is 0 Å². The Morgan fingerprint density at radius 3 is 2.73 bits per heavy atom. The fourth-order valence-electron chi connectivity index (χ4n) is 2.49. The maximum Gasteiger partial charge on any atom is 0.339 e. The summed E-state index contributed by atoms with van der Waals surface area (Å²) in [5.41, 5.74) is 0.522. The molecule has 0 saturated heterocycles. The van der Waals surface area contributed by atoms with Gasteiger partial charge in [-0.25, -0.2) is 4.79 Å². The number of halogens is 2. The molecule has 1 aliphatic heterocycles. The molecule has 22 heavy (non-hydrogen) atoms. The first-order chi connectivity index (χ1) is 10.4. The van der Waals surface area contributed by atoms with Gasteiger partial charge in [0.1, 0.15) is 11.3 Å². The number of carbonyl (C=O) groups excluding carboxylic acids is 1. The molecule has 1 aromatic carbocycles. The number of benzene rings is 1. The largest absolute Gasteiger partial charge is 0.478 e. The minimum Gasteiger partial charge on any atom is -0.478 e. The maximum absolute atomic E-state index is 12.7. The second-order valence-electron chi connectivity index (χ2n) is 5.02. The number of carboxylic acids is 1. The molecule has 1 atom stereocenters. The van der Waals surface area contributed by atoms with Crippen molar-refractivity contribution in [3.05, 3.63) is 45.7 Å². The van der Waals surface area contributed by atoms with Gasteiger partial charge >= 0.3 is 5.97 Å². The number of hydrogen-bond acceptors (Lipinski definition) is 3. The summed E-state index contributed by atoms with van der Waals surface area (Å²) >= 11 is 11.9. The van der Waals surface area contributed by atoms with Crippen LogP contribution in [0.3, 0.4) is 0 Å². The van der Waals surface area contributed by atoms with Crippen molar-refractivity contribution in [2.45, 2.75) is 13.0 Å². The molecule has 1 aromatic heterocycles. The number of aromatic nitrogens is 2. The molecule has 0 aliphatic carbocycles. The van der Waals surface area contributed by atoms with Crippen molar-refractivity contribution in [3.63, 3.8) is 0 Å². The first kappa shape index (κ1) is 14.9. The van der Waals surface area contributed by atoms with Crippen LogP contribution in [0.5, 0.6) is 0 Å². The zero-order valence-electron chi connectivity index (χ0n) is 11.5. The summed E-state index contributed by atoms with van der Waals surface area (Å²) < 4.78 is 1.44. The molecule has 8 heteroatoms. The van der Waals surface area contributed by atoms with E-state index in [4.69, 9.17) is 23.2 Å². The molecule has 0 bridgehead atoms. The Hall–Kier alpha value is -2.05. The topological polar surface area (TPSA) is 75.4 Å². The van der Waals surface area contributed by atoms with Crippen molar-refractivity contribution in [2.75, 3.05) is 11.4 Å². The SMILES string of the molecule is CC1CN(c2ccc(Cl)c(Cl)c2)C(=O)c2c(C(=O)O)cnn21. The second-order valence-corrected chi connectivity index (χ2v) is 5.83. The summed E-state index contributed by atoms with van der Waals surface area (Å²) in [4.78, 5) is 25.4. The standard InChI is InChI=1S/C14H11Cl2N3O3/c1-7-6-18(8-2-3-10(15)11(16)4-8)13(20)12-9(14(21)22)5-17-19(7)12/h2-5,7H,6H2,1H3,(H,21,22). The fraction of sp³-hybridized carbons (Fsp3) is 0.214. The van der Waals surface area contributed by atoms with Gasteiger partial charge in [0.05, 0.1) is 22.3 Å². The lowest BCUT2D eigenvalue weighted by Crippen LogP contribution is -2.43. The van der Waals surface area contributed by atoms with E-state index in [-0.39, 0.29) is 17.3 Å². The van der Waals surface area contributed by atoms with Crippen LogP contribution in [-0.2, 0) is 0 Å². The van der Waals surface area contributed by atoms with Gasteiger partial charge < -0.3 is 10.0 Å². The van der Waals surface area contributed by atoms with E-state index in [9.17, 15) is 14.7 Å². The number of anilines is 1. The quantitative estimate of drug-likeness (QED) is 0.911. The van der Waals surface area contributed by atoms with E-state index in [1.165, 1.54) is 15.8 Å². The smallest absolute Gasteiger partial charge is 0.339 e. The Balaban J connectivity index is 2.09. The molecule has 0 saturated carbocycles. The highest BCUT2D eigenvalue weighted by Gasteiger charge is 2.35. The zero-order valence-corrected chi connectivity index (χ0v) is 13.0. The maximum atomic E-state index is 12.7. The van der Waals surface area contributed by atoms with Crippen LogP contribution in [0.2, 0.25) is 10.0 Å². The van der Waals surface area contributed by atoms with E-state index in [0.717, 1.165) is 0 Å². The van der Waals surface area contributed by atoms with Crippen molar-refractivity contribution < 1.29 is 14.7 Å². The predicted molar refractivity (Wildman–Crippen MR) is 82.0 cm³/mol. The van der Waals surface area contributed by atoms with Gasteiger partial charge in [-0.15, -0.1) is 0 Å². The second kappa shape index (κ2) is 5.30. The summed E-state index contributed by atoms with van der Waals surface area (Å²) in [5.74, 6) is -1.61. The highest BCUT2D eigenvalue weighted by Crippen LogP contribution is 2.32. The third kappa shape index (κ3) is 2.24. The van der Waals surface area contributed by atoms with Gasteiger partial charge in [0.2, 0.25) is 0 Å². The molecule has 0 radical (unpaired) electrons. The third-order valence-corrected chi connectivity index (χ3v) is 4.29. The minimum absolute atomic E-state index is 0.0670. The Labute approximate surface area is 135 Å². The molecule has 0 spiro atoms. The first-order valence-corrected chi connectivity index (χ1v) is 7.23. The van der Waals surface area contributed by atoms with Crippen molar-refractivity contribution in [1.29, 1.82) is 0 Å². The molecule has 1 aliphatic rings. The number of carbonyl (C=O) groups is 2. The van der Waals surface area contributed by atoms with Gasteiger partial charge in [0, 0.05) is 12.2 Å². The number of amides is 1. The summed E-state index contributed by atoms with van der Waals surface area (Å²) in [5, 5.41) is 13.9. The number of nitrogens with zero attached hydrogens (tertiary/aromatic N) is 3. The molecule has 1 unspecified atom stereocenters. The average molecular weight is 340 g/mol. The Kier molecular flexibility index (Phi) is 3.58. The van der Waals surface area contributed by atoms with Crippen LogP contribution >= 0.6 is 23.2 Å². The molecular formula is C14H11Cl2N3O3. The van der Waals surface area contributed by atoms with Gasteiger partial charge in [-0.1, -0.05) is 23.2 Å². The van der Waals surface area contributed by atoms with E-state index in [1.54, 1.807) is 18.2 Å². The number of rotatable bonds is 2. The highest BCUT2D eigenvalue weighted by molar-refractivity contribution is 6.42. The third-order valence-electron chi connectivity index (χ3n) is 3.55. The summed E-state index contributed by atoms with van der Waals surface area (Å²) in [7, 11) is 0. The number of aromatic carboxylic acids is 1. The van der Waals surface area contributed by atoms with Crippen LogP contribution in [0.15, 0.2) is 24.4 Å². The van der Waals surface area contributed by atoms with Gasteiger partial charge in [0.25, 0.3) is 5.91 Å². The molecule has 1 amide bonds. The van der Waals surface area contributed by atoms with Crippen molar-refractivity contribution in [1.82, 2.24) is 9.78 Å². The lowest BCUT2D eigenvalue weighted by molar-refractivity contribution is 0.0690. The Morgan fingerprint density at radius 2 is 2.09 bits per heavy atom. The number of fused-ring (bicyclic) bond motifs is 1. The highest BCUT2D eigenvalue weighted by atomic mass is 35.5. The normalized spacial score (nSPS) is 17.5. The summed E-state index contributed by atoms with van der Waals surface area (Å²) in [6, 6.07) is 4.70. The molecule has 114 valence electrons. The van der Waals surface area contributed by atoms with E-state index in [0.29, 0.717) is 22.3 Å². The lowest BCUT2D eigenvalue weighted by Gasteiger charge is -2.32. The molecule has 0 fully saturated rings. The van der Waals surface area contributed by atoms with E-state index in [1.807, 2.05) is 6.92 Å². The van der Waals surface area contributed by atoms with Crippen LogP contribution in [0, 0.1) is 0 Å².